The minimum atomic E-state index is -0.768. The molecule has 3 rings (SSSR count). The van der Waals surface area contributed by atoms with Crippen molar-refractivity contribution in [2.75, 3.05) is 6.26 Å². The smallest absolute Gasteiger partial charge is 0.329 e. The van der Waals surface area contributed by atoms with E-state index >= 15 is 0 Å². The number of benzene rings is 3. The molecule has 0 saturated heterocycles. The fourth-order valence-corrected chi connectivity index (χ4v) is 3.26. The van der Waals surface area contributed by atoms with Crippen molar-refractivity contribution in [2.24, 2.45) is 0 Å². The fourth-order valence-electron chi connectivity index (χ4n) is 2.85. The number of nitrogens with one attached hydrogen (secondary N) is 1. The van der Waals surface area contributed by atoms with Gasteiger partial charge in [0.2, 0.25) is 0 Å². The Hall–Kier alpha value is -3.05. The van der Waals surface area contributed by atoms with Crippen LogP contribution in [0, 0.1) is 0 Å². The van der Waals surface area contributed by atoms with Crippen LogP contribution in [0.1, 0.15) is 21.5 Å². The van der Waals surface area contributed by atoms with Crippen molar-refractivity contribution in [1.82, 2.24) is 5.32 Å². The van der Waals surface area contributed by atoms with E-state index in [1.807, 2.05) is 66.9 Å². The zero-order chi connectivity index (χ0) is 20.5. The monoisotopic (exact) mass is 405 g/mol. The summed E-state index contributed by atoms with van der Waals surface area (Å²) >= 11 is 1.66. The number of rotatable bonds is 8. The summed E-state index contributed by atoms with van der Waals surface area (Å²) in [6.07, 6.45) is 2.38. The van der Waals surface area contributed by atoms with E-state index in [-0.39, 0.29) is 12.5 Å². The molecule has 1 N–H and O–H groups in total. The van der Waals surface area contributed by atoms with Gasteiger partial charge in [0.25, 0.3) is 5.91 Å². The second-order valence-electron chi connectivity index (χ2n) is 6.54. The quantitative estimate of drug-likeness (QED) is 0.443. The highest BCUT2D eigenvalue weighted by Gasteiger charge is 2.23. The van der Waals surface area contributed by atoms with Crippen LogP contribution in [0.3, 0.4) is 0 Å². The van der Waals surface area contributed by atoms with Gasteiger partial charge in [-0.3, -0.25) is 4.79 Å². The largest absolute Gasteiger partial charge is 0.459 e. The van der Waals surface area contributed by atoms with Gasteiger partial charge in [0, 0.05) is 16.9 Å². The van der Waals surface area contributed by atoms with Crippen LogP contribution < -0.4 is 5.32 Å². The summed E-state index contributed by atoms with van der Waals surface area (Å²) in [5.41, 5.74) is 2.36. The fraction of sp³-hybridized carbons (Fsp3) is 0.167. The third-order valence-electron chi connectivity index (χ3n) is 4.45. The Kier molecular flexibility index (Phi) is 7.47. The minimum absolute atomic E-state index is 0.167. The van der Waals surface area contributed by atoms with Gasteiger partial charge in [-0.25, -0.2) is 4.79 Å². The first-order valence-electron chi connectivity index (χ1n) is 9.35. The van der Waals surface area contributed by atoms with Crippen molar-refractivity contribution >= 4 is 23.6 Å². The van der Waals surface area contributed by atoms with Crippen molar-refractivity contribution in [3.05, 3.63) is 102 Å². The highest BCUT2D eigenvalue weighted by Crippen LogP contribution is 2.15. The minimum Gasteiger partial charge on any atom is -0.459 e. The van der Waals surface area contributed by atoms with Crippen LogP contribution in [0.4, 0.5) is 0 Å². The van der Waals surface area contributed by atoms with Gasteiger partial charge in [-0.15, -0.1) is 11.8 Å². The van der Waals surface area contributed by atoms with E-state index in [0.717, 1.165) is 16.0 Å². The van der Waals surface area contributed by atoms with Crippen LogP contribution in [-0.4, -0.2) is 24.2 Å². The van der Waals surface area contributed by atoms with Gasteiger partial charge < -0.3 is 10.1 Å². The van der Waals surface area contributed by atoms with Crippen LogP contribution in [0.15, 0.2) is 89.8 Å². The van der Waals surface area contributed by atoms with E-state index in [4.69, 9.17) is 4.74 Å². The maximum atomic E-state index is 12.8. The molecule has 0 saturated carbocycles. The summed E-state index contributed by atoms with van der Waals surface area (Å²) in [4.78, 5) is 26.5. The highest BCUT2D eigenvalue weighted by molar-refractivity contribution is 7.98. The molecular formula is C24H23NO3S. The Bertz CT molecular complexity index is 927. The van der Waals surface area contributed by atoms with Crippen LogP contribution in [-0.2, 0) is 22.6 Å². The average molecular weight is 406 g/mol. The van der Waals surface area contributed by atoms with Crippen molar-refractivity contribution in [1.29, 1.82) is 0 Å². The predicted molar refractivity (Wildman–Crippen MR) is 116 cm³/mol. The molecule has 29 heavy (non-hydrogen) atoms. The molecule has 3 aromatic rings. The number of carbonyl (C=O) groups is 2. The molecule has 1 amide bonds. The molecule has 0 aromatic heterocycles. The van der Waals surface area contributed by atoms with Gasteiger partial charge >= 0.3 is 5.97 Å². The van der Waals surface area contributed by atoms with Gasteiger partial charge in [0.15, 0.2) is 0 Å². The van der Waals surface area contributed by atoms with Crippen LogP contribution in [0.5, 0.6) is 0 Å². The molecule has 0 aliphatic carbocycles. The Morgan fingerprint density at radius 1 is 0.862 bits per heavy atom. The maximum Gasteiger partial charge on any atom is 0.329 e. The first-order valence-corrected chi connectivity index (χ1v) is 10.6. The standard InChI is InChI=1S/C24H23NO3S/c1-29-21-14-12-19(13-15-21)17-28-24(27)22(16-18-8-4-2-5-9-18)25-23(26)20-10-6-3-7-11-20/h2-15,22H,16-17H2,1H3,(H,25,26)/t22-/m1/s1. The maximum absolute atomic E-state index is 12.8. The second-order valence-corrected chi connectivity index (χ2v) is 7.42. The Balaban J connectivity index is 1.68. The molecule has 0 radical (unpaired) electrons. The highest BCUT2D eigenvalue weighted by atomic mass is 32.2. The van der Waals surface area contributed by atoms with Crippen LogP contribution in [0.2, 0.25) is 0 Å². The summed E-state index contributed by atoms with van der Waals surface area (Å²) in [6, 6.07) is 25.5. The molecule has 0 aliphatic rings. The summed E-state index contributed by atoms with van der Waals surface area (Å²) < 4.78 is 5.51. The molecule has 0 heterocycles. The van der Waals surface area contributed by atoms with Gasteiger partial charge in [-0.1, -0.05) is 60.7 Å². The average Bonchev–Trinajstić information content (AvgIpc) is 2.78. The number of thioether (sulfide) groups is 1. The van der Waals surface area contributed by atoms with Crippen molar-refractivity contribution in [3.8, 4) is 0 Å². The van der Waals surface area contributed by atoms with Gasteiger partial charge in [0.1, 0.15) is 12.6 Å². The van der Waals surface area contributed by atoms with Crippen molar-refractivity contribution in [3.63, 3.8) is 0 Å². The summed E-state index contributed by atoms with van der Waals surface area (Å²) in [5.74, 6) is -0.750. The van der Waals surface area contributed by atoms with Crippen LogP contribution >= 0.6 is 11.8 Å². The molecule has 0 unspecified atom stereocenters. The molecule has 4 nitrogen and oxygen atoms in total. The van der Waals surface area contributed by atoms with Crippen molar-refractivity contribution in [2.45, 2.75) is 24.0 Å². The molecule has 5 heteroatoms. The number of hydrogen-bond donors (Lipinski definition) is 1. The van der Waals surface area contributed by atoms with Gasteiger partial charge in [-0.2, -0.15) is 0 Å². The number of ether oxygens (including phenoxy) is 1. The Morgan fingerprint density at radius 3 is 2.10 bits per heavy atom. The summed E-state index contributed by atoms with van der Waals surface area (Å²) in [6.45, 7) is 0.167. The molecule has 1 atom stereocenters. The zero-order valence-corrected chi connectivity index (χ0v) is 17.0. The van der Waals surface area contributed by atoms with Gasteiger partial charge in [-0.05, 0) is 41.6 Å². The van der Waals surface area contributed by atoms with Gasteiger partial charge in [0.05, 0.1) is 0 Å². The van der Waals surface area contributed by atoms with Crippen LogP contribution in [0.25, 0.3) is 0 Å². The lowest BCUT2D eigenvalue weighted by Crippen LogP contribution is -2.43. The number of hydrogen-bond acceptors (Lipinski definition) is 4. The summed E-state index contributed by atoms with van der Waals surface area (Å²) in [7, 11) is 0. The summed E-state index contributed by atoms with van der Waals surface area (Å²) in [5, 5.41) is 2.82. The first-order chi connectivity index (χ1) is 14.2. The second kappa shape index (κ2) is 10.5. The third-order valence-corrected chi connectivity index (χ3v) is 5.19. The molecular weight excluding hydrogens is 382 g/mol. The molecule has 3 aromatic carbocycles. The molecule has 0 fully saturated rings. The van der Waals surface area contributed by atoms with E-state index < -0.39 is 12.0 Å². The number of esters is 1. The first kappa shape index (κ1) is 20.7. The lowest BCUT2D eigenvalue weighted by molar-refractivity contribution is -0.147. The number of carbonyl (C=O) groups excluding carboxylic acids is 2. The molecule has 0 aliphatic heterocycles. The molecule has 0 spiro atoms. The third kappa shape index (κ3) is 6.22. The predicted octanol–water partition coefficient (Wildman–Crippen LogP) is 4.49. The zero-order valence-electron chi connectivity index (χ0n) is 16.2. The Morgan fingerprint density at radius 2 is 1.48 bits per heavy atom. The lowest BCUT2D eigenvalue weighted by Gasteiger charge is -2.18. The van der Waals surface area contributed by atoms with E-state index in [0.29, 0.717) is 12.0 Å². The SMILES string of the molecule is CSc1ccc(COC(=O)[C@@H](Cc2ccccc2)NC(=O)c2ccccc2)cc1. The normalized spacial score (nSPS) is 11.5. The van der Waals surface area contributed by atoms with E-state index in [9.17, 15) is 9.59 Å². The van der Waals surface area contributed by atoms with E-state index in [1.165, 1.54) is 0 Å². The van der Waals surface area contributed by atoms with E-state index in [1.54, 1.807) is 36.0 Å². The topological polar surface area (TPSA) is 55.4 Å². The van der Waals surface area contributed by atoms with Crippen molar-refractivity contribution < 1.29 is 14.3 Å². The Labute approximate surface area is 175 Å². The number of amides is 1. The molecule has 148 valence electrons. The van der Waals surface area contributed by atoms with E-state index in [2.05, 4.69) is 5.32 Å². The molecule has 0 bridgehead atoms. The lowest BCUT2D eigenvalue weighted by atomic mass is 10.1.